The molecule has 2 nitrogen and oxygen atoms in total. The summed E-state index contributed by atoms with van der Waals surface area (Å²) < 4.78 is 6.72. The van der Waals surface area contributed by atoms with Crippen molar-refractivity contribution in [1.29, 1.82) is 0 Å². The molecule has 1 aromatic heterocycles. The van der Waals surface area contributed by atoms with E-state index in [1.807, 2.05) is 6.07 Å². The van der Waals surface area contributed by atoms with Crippen LogP contribution in [0.1, 0.15) is 31.3 Å². The predicted molar refractivity (Wildman–Crippen MR) is 60.9 cm³/mol. The second-order valence-corrected chi connectivity index (χ2v) is 14.5. The maximum atomic E-state index is 10.5. The van der Waals surface area contributed by atoms with E-state index >= 15 is 0 Å². The number of rotatable bonds is 5. The van der Waals surface area contributed by atoms with Crippen LogP contribution in [-0.4, -0.2) is 19.6 Å². The van der Waals surface area contributed by atoms with Gasteiger partial charge in [0.25, 0.3) is 0 Å². The van der Waals surface area contributed by atoms with Gasteiger partial charge in [0, 0.05) is 0 Å². The van der Waals surface area contributed by atoms with E-state index in [1.54, 1.807) is 6.07 Å². The van der Waals surface area contributed by atoms with Gasteiger partial charge < -0.3 is 0 Å². The van der Waals surface area contributed by atoms with Gasteiger partial charge >= 0.3 is 87.8 Å². The van der Waals surface area contributed by atoms with Crippen LogP contribution in [0.3, 0.4) is 0 Å². The Morgan fingerprint density at radius 2 is 1.79 bits per heavy atom. The molecule has 1 heterocycles. The summed E-state index contributed by atoms with van der Waals surface area (Å²) in [4.78, 5) is 10.5. The van der Waals surface area contributed by atoms with Crippen LogP contribution < -0.4 is 4.59 Å². The van der Waals surface area contributed by atoms with Crippen LogP contribution >= 0.6 is 0 Å². The molecule has 0 N–H and O–H groups in total. The zero-order valence-corrected chi connectivity index (χ0v) is 11.3. The summed E-state index contributed by atoms with van der Waals surface area (Å²) in [6, 6.07) is 3.81. The minimum atomic E-state index is -1.95. The number of hydrogen-bond acceptors (Lipinski definition) is 2. The fourth-order valence-electron chi connectivity index (χ4n) is 1.97. The third kappa shape index (κ3) is 1.95. The number of carbonyl (C=O) groups is 1. The molecule has 0 saturated heterocycles. The first-order chi connectivity index (χ1) is 6.72. The molecule has 1 rings (SSSR count). The molecule has 0 spiro atoms. The Hall–Kier alpha value is -0.507. The van der Waals surface area contributed by atoms with E-state index in [9.17, 15) is 4.79 Å². The van der Waals surface area contributed by atoms with Crippen molar-refractivity contribution in [3.05, 3.63) is 17.9 Å². The normalized spacial score (nSPS) is 11.6. The van der Waals surface area contributed by atoms with Crippen LogP contribution in [0.2, 0.25) is 15.8 Å². The molecule has 0 aliphatic heterocycles. The molecule has 1 aromatic rings. The fourth-order valence-corrected chi connectivity index (χ4v) is 8.93. The first-order valence-corrected chi connectivity index (χ1v) is 10.8. The summed E-state index contributed by atoms with van der Waals surface area (Å²) in [6.07, 6.45) is 0.789. The van der Waals surface area contributed by atoms with Crippen LogP contribution in [0.15, 0.2) is 16.5 Å². The molecule has 0 unspecified atom stereocenters. The summed E-state index contributed by atoms with van der Waals surface area (Å²) in [5.74, 6) is 0.477. The monoisotopic (exact) mass is 256 g/mol. The van der Waals surface area contributed by atoms with E-state index in [-0.39, 0.29) is 0 Å². The van der Waals surface area contributed by atoms with Crippen molar-refractivity contribution < 1.29 is 9.21 Å². The van der Waals surface area contributed by atoms with Crippen LogP contribution in [0, 0.1) is 0 Å². The molecular formula is C11H18GeO2. The van der Waals surface area contributed by atoms with E-state index in [2.05, 4.69) is 20.8 Å². The zero-order chi connectivity index (χ0) is 10.6. The van der Waals surface area contributed by atoms with Gasteiger partial charge in [-0.2, -0.15) is 0 Å². The first-order valence-electron chi connectivity index (χ1n) is 5.28. The summed E-state index contributed by atoms with van der Waals surface area (Å²) in [5, 5.41) is 3.70. The maximum absolute atomic E-state index is 10.5. The standard InChI is InChI=1S/C11H18GeO2/c1-4-12(5-2,6-3)11-8-7-10(9-13)14-11/h7-9H,4-6H2,1-3H3. The SMILES string of the molecule is C[CH2][Ge]([CH2]C)([CH2]C)[c]1ccc(C=O)o1. The summed E-state index contributed by atoms with van der Waals surface area (Å²) in [5.41, 5.74) is 0. The van der Waals surface area contributed by atoms with Gasteiger partial charge in [0.1, 0.15) is 0 Å². The molecule has 14 heavy (non-hydrogen) atoms. The van der Waals surface area contributed by atoms with E-state index in [0.29, 0.717) is 5.76 Å². The molecule has 0 aliphatic carbocycles. The Balaban J connectivity index is 3.04. The number of hydrogen-bond donors (Lipinski definition) is 0. The topological polar surface area (TPSA) is 30.2 Å². The minimum absolute atomic E-state index is 0.477. The van der Waals surface area contributed by atoms with Gasteiger partial charge in [-0.3, -0.25) is 0 Å². The molecular weight excluding hydrogens is 237 g/mol. The van der Waals surface area contributed by atoms with E-state index in [1.165, 1.54) is 15.8 Å². The Morgan fingerprint density at radius 3 is 2.14 bits per heavy atom. The van der Waals surface area contributed by atoms with E-state index in [4.69, 9.17) is 4.42 Å². The van der Waals surface area contributed by atoms with Crippen molar-refractivity contribution in [3.63, 3.8) is 0 Å². The molecule has 0 saturated carbocycles. The Morgan fingerprint density at radius 1 is 1.21 bits per heavy atom. The summed E-state index contributed by atoms with van der Waals surface area (Å²) in [7, 11) is 0. The third-order valence-electron chi connectivity index (χ3n) is 3.30. The van der Waals surface area contributed by atoms with Gasteiger partial charge in [-0.25, -0.2) is 0 Å². The van der Waals surface area contributed by atoms with Crippen LogP contribution in [-0.2, 0) is 0 Å². The van der Waals surface area contributed by atoms with Crippen molar-refractivity contribution in [3.8, 4) is 0 Å². The summed E-state index contributed by atoms with van der Waals surface area (Å²) in [6.45, 7) is 6.74. The Bertz CT molecular complexity index is 292. The predicted octanol–water partition coefficient (Wildman–Crippen LogP) is 2.81. The molecule has 78 valence electrons. The quantitative estimate of drug-likeness (QED) is 0.598. The molecule has 0 atom stereocenters. The molecule has 0 fully saturated rings. The molecule has 0 amide bonds. The second kappa shape index (κ2) is 4.83. The van der Waals surface area contributed by atoms with Gasteiger partial charge in [-0.05, 0) is 0 Å². The summed E-state index contributed by atoms with van der Waals surface area (Å²) >= 11 is -1.95. The van der Waals surface area contributed by atoms with Gasteiger partial charge in [0.2, 0.25) is 0 Å². The van der Waals surface area contributed by atoms with E-state index in [0.717, 1.165) is 10.9 Å². The Labute approximate surface area is 88.0 Å². The van der Waals surface area contributed by atoms with Gasteiger partial charge in [0.15, 0.2) is 0 Å². The molecule has 0 aromatic carbocycles. The van der Waals surface area contributed by atoms with Crippen molar-refractivity contribution in [2.75, 3.05) is 0 Å². The van der Waals surface area contributed by atoms with Crippen LogP contribution in [0.4, 0.5) is 0 Å². The zero-order valence-electron chi connectivity index (χ0n) is 9.17. The second-order valence-electron chi connectivity index (χ2n) is 3.66. The number of aldehydes is 1. The van der Waals surface area contributed by atoms with Crippen molar-refractivity contribution in [2.45, 2.75) is 36.5 Å². The molecule has 0 aliphatic rings. The third-order valence-corrected chi connectivity index (χ3v) is 14.6. The molecule has 0 radical (unpaired) electrons. The van der Waals surface area contributed by atoms with Crippen molar-refractivity contribution in [2.24, 2.45) is 0 Å². The number of carbonyl (C=O) groups excluding carboxylic acids is 1. The fraction of sp³-hybridized carbons (Fsp3) is 0.545. The first kappa shape index (κ1) is 11.6. The average Bonchev–Trinajstić information content (AvgIpc) is 2.71. The van der Waals surface area contributed by atoms with Crippen molar-refractivity contribution in [1.82, 2.24) is 0 Å². The molecule has 0 bridgehead atoms. The number of furan rings is 1. The van der Waals surface area contributed by atoms with E-state index < -0.39 is 13.3 Å². The van der Waals surface area contributed by atoms with Gasteiger partial charge in [-0.15, -0.1) is 0 Å². The van der Waals surface area contributed by atoms with Crippen LogP contribution in [0.25, 0.3) is 0 Å². The molecule has 3 heteroatoms. The Kier molecular flexibility index (Phi) is 3.99. The van der Waals surface area contributed by atoms with Gasteiger partial charge in [-0.1, -0.05) is 0 Å². The van der Waals surface area contributed by atoms with Crippen molar-refractivity contribution >= 4 is 24.1 Å². The van der Waals surface area contributed by atoms with Gasteiger partial charge in [0.05, 0.1) is 0 Å². The average molecular weight is 255 g/mol. The van der Waals surface area contributed by atoms with Crippen LogP contribution in [0.5, 0.6) is 0 Å².